The van der Waals surface area contributed by atoms with Crippen molar-refractivity contribution in [3.8, 4) is 130 Å². The second kappa shape index (κ2) is 36.4. The fourth-order valence-corrected chi connectivity index (χ4v) is 20.0. The minimum Gasteiger partial charge on any atom is -0.423 e. The van der Waals surface area contributed by atoms with Gasteiger partial charge in [-0.05, 0) is 140 Å². The SMILES string of the molecule is O=S(=O)(Oc1ccc2ccccc2c1-c1cccc(-c2nc(-c3ccccc3)nc(-c3ccccc3)n2)c1)C(F)(F)C(F)(F)C(F)(F)C(F)(F)F.OB(O)c1cccc2c1-c1ccccc1C2(c1ccccc1)c1ccccc1.c1ccc(-c2nc(-c3ccccc3)nc(-c3cccc(-c4c(-c5cccc6c5-c5ccccc5C6(c5ccccc5)c5ccccc5)ccc5ccccc45)c3)n2)cc1. The maximum atomic E-state index is 14.7. The van der Waals surface area contributed by atoms with Crippen LogP contribution in [0, 0.1) is 0 Å². The summed E-state index contributed by atoms with van der Waals surface area (Å²) in [7, 11) is -8.77. The lowest BCUT2D eigenvalue weighted by Gasteiger charge is -2.34. The molecule has 2 aliphatic carbocycles. The van der Waals surface area contributed by atoms with Crippen LogP contribution < -0.4 is 9.65 Å². The molecule has 0 bridgehead atoms. The van der Waals surface area contributed by atoms with Gasteiger partial charge in [0.15, 0.2) is 40.7 Å². The quantitative estimate of drug-likeness (QED) is 0.0450. The molecule has 0 spiro atoms. The van der Waals surface area contributed by atoms with E-state index in [0.29, 0.717) is 39.4 Å². The molecule has 0 atom stereocenters. The van der Waals surface area contributed by atoms with Crippen LogP contribution in [-0.2, 0) is 20.9 Å². The Hall–Kier alpha value is -16.4. The number of hydrogen-bond acceptors (Lipinski definition) is 11. The lowest BCUT2D eigenvalue weighted by Crippen LogP contribution is -2.63. The van der Waals surface area contributed by atoms with E-state index in [-0.39, 0.29) is 39.5 Å². The fourth-order valence-electron chi connectivity index (χ4n) is 19.1. The molecule has 0 saturated carbocycles. The van der Waals surface area contributed by atoms with Crippen LogP contribution in [-0.4, -0.2) is 78.8 Å². The Bertz CT molecular complexity index is 7880. The van der Waals surface area contributed by atoms with Crippen LogP contribution in [0.4, 0.5) is 39.5 Å². The highest BCUT2D eigenvalue weighted by atomic mass is 32.2. The van der Waals surface area contributed by atoms with Crippen LogP contribution in [0.5, 0.6) is 5.75 Å². The van der Waals surface area contributed by atoms with Crippen molar-refractivity contribution in [2.45, 2.75) is 34.1 Å². The molecular weight excluding hydrogens is 1770 g/mol. The van der Waals surface area contributed by atoms with E-state index in [1.54, 1.807) is 78.9 Å². The van der Waals surface area contributed by atoms with Crippen molar-refractivity contribution in [1.82, 2.24) is 29.9 Å². The molecule has 2 heterocycles. The highest BCUT2D eigenvalue weighted by Gasteiger charge is 2.86. The van der Waals surface area contributed by atoms with Crippen molar-refractivity contribution in [3.05, 3.63) is 493 Å². The second-order valence-corrected chi connectivity index (χ2v) is 34.8. The Balaban J connectivity index is 0.000000135. The van der Waals surface area contributed by atoms with Gasteiger partial charge in [0, 0.05) is 38.9 Å². The molecule has 0 saturated heterocycles. The molecule has 2 aromatic heterocycles. The lowest BCUT2D eigenvalue weighted by molar-refractivity contribution is -0.382. The van der Waals surface area contributed by atoms with Gasteiger partial charge in [-0.3, -0.25) is 0 Å². The first-order valence-electron chi connectivity index (χ1n) is 44.1. The standard InChI is InChI=1S/C56H37N3.C35H20F9N3O3S.C25H19BO2/c1-5-20-39(21-6-1)53-57-54(40-22-7-2-8-23-40)59-55(58-53)42-25-17-24-41(37-42)51-45-30-14-13-19-38(45)35-36-47(51)46-32-18-34-50-52(46)48-31-15-16-33-49(48)56(50,43-26-9-3-10-27-43)44-28-11-4-12-29-44;36-32(37,34(40,41)42)33(38,39)35(43,44)51(48,49)50-27-19-18-21-10-7-8-17-26(21)28(27)24-15-9-16-25(20-24)31-46-29(22-11-3-1-4-12-22)45-30(47-31)23-13-5-2-6-14-23;27-26(28)23-17-9-16-22-24(23)20-14-7-8-15-21(20)25(22,18-10-3-1-4-11-18)19-12-5-2-6-13-19/h1-37H;1-20H;1-17,27-28H. The molecule has 22 heteroatoms. The largest absolute Gasteiger partial charge is 0.489 e. The molecule has 0 radical (unpaired) electrons. The Kier molecular flexibility index (Phi) is 23.6. The normalized spacial score (nSPS) is 12.9. The summed E-state index contributed by atoms with van der Waals surface area (Å²) in [4.78, 5) is 28.9. The van der Waals surface area contributed by atoms with Crippen molar-refractivity contribution in [2.75, 3.05) is 0 Å². The Morgan fingerprint density at radius 3 is 0.949 bits per heavy atom. The average molecular weight is 1850 g/mol. The predicted octanol–water partition coefficient (Wildman–Crippen LogP) is 27.3. The third-order valence-electron chi connectivity index (χ3n) is 25.2. The van der Waals surface area contributed by atoms with Crippen LogP contribution in [0.25, 0.3) is 146 Å². The molecule has 0 fully saturated rings. The Labute approximate surface area is 788 Å². The van der Waals surface area contributed by atoms with Crippen molar-refractivity contribution >= 4 is 44.2 Å². The summed E-state index contributed by atoms with van der Waals surface area (Å²) in [5, 5.41) is 16.0. The smallest absolute Gasteiger partial charge is 0.423 e. The maximum Gasteiger partial charge on any atom is 0.489 e. The van der Waals surface area contributed by atoms with E-state index in [0.717, 1.165) is 67.8 Å². The number of nitrogens with zero attached hydrogens (tertiary/aromatic N) is 6. The fraction of sp³-hybridized carbons (Fsp3) is 0.0517. The molecule has 0 aliphatic heterocycles. The molecule has 11 nitrogen and oxygen atoms in total. The van der Waals surface area contributed by atoms with Gasteiger partial charge in [0.1, 0.15) is 0 Å². The van der Waals surface area contributed by atoms with E-state index >= 15 is 0 Å². The average Bonchev–Trinajstić information content (AvgIpc) is 1.50. The first-order valence-corrected chi connectivity index (χ1v) is 45.6. The summed E-state index contributed by atoms with van der Waals surface area (Å²) >= 11 is 0. The number of rotatable bonds is 19. The zero-order chi connectivity index (χ0) is 95.1. The van der Waals surface area contributed by atoms with Crippen LogP contribution in [0.15, 0.2) is 449 Å². The number of benzene rings is 18. The highest BCUT2D eigenvalue weighted by molar-refractivity contribution is 7.88. The zero-order valence-electron chi connectivity index (χ0n) is 72.9. The highest BCUT2D eigenvalue weighted by Crippen LogP contribution is 2.61. The van der Waals surface area contributed by atoms with Crippen LogP contribution in [0.2, 0.25) is 0 Å². The molecule has 0 unspecified atom stereocenters. The van der Waals surface area contributed by atoms with Crippen LogP contribution in [0.3, 0.4) is 0 Å². The van der Waals surface area contributed by atoms with E-state index in [1.807, 2.05) is 84.9 Å². The van der Waals surface area contributed by atoms with Crippen LogP contribution in [0.1, 0.15) is 44.5 Å². The summed E-state index contributed by atoms with van der Waals surface area (Å²) in [5.41, 5.74) is 22.4. The van der Waals surface area contributed by atoms with E-state index in [4.69, 9.17) is 15.0 Å². The molecule has 22 rings (SSSR count). The summed E-state index contributed by atoms with van der Waals surface area (Å²) in [6, 6.07) is 147. The number of halogens is 9. The third kappa shape index (κ3) is 15.8. The number of aromatic nitrogens is 6. The monoisotopic (exact) mass is 1850 g/mol. The molecular formula is C116H76BF9N6O5S. The topological polar surface area (TPSA) is 161 Å². The molecule has 2 aliphatic rings. The van der Waals surface area contributed by atoms with Gasteiger partial charge >= 0.3 is 40.5 Å². The first-order chi connectivity index (χ1) is 67.0. The van der Waals surface area contributed by atoms with Gasteiger partial charge in [-0.15, -0.1) is 0 Å². The van der Waals surface area contributed by atoms with Gasteiger partial charge in [0.2, 0.25) is 0 Å². The summed E-state index contributed by atoms with van der Waals surface area (Å²) < 4.78 is 153. The lowest BCUT2D eigenvalue weighted by atomic mass is 9.66. The van der Waals surface area contributed by atoms with Crippen molar-refractivity contribution in [1.29, 1.82) is 0 Å². The summed E-state index contributed by atoms with van der Waals surface area (Å²) in [5.74, 6) is -13.4. The Morgan fingerprint density at radius 1 is 0.254 bits per heavy atom. The number of hydrogen-bond donors (Lipinski definition) is 2. The van der Waals surface area contributed by atoms with E-state index in [1.165, 1.54) is 97.2 Å². The summed E-state index contributed by atoms with van der Waals surface area (Å²) in [6.07, 6.45) is -7.24. The van der Waals surface area contributed by atoms with Crippen LogP contribution >= 0.6 is 0 Å². The number of fused-ring (bicyclic) bond motifs is 8. The van der Waals surface area contributed by atoms with E-state index in [9.17, 15) is 58.0 Å². The minimum atomic E-state index is -7.47. The minimum absolute atomic E-state index is 0.0214. The molecule has 2 N–H and O–H groups in total. The zero-order valence-corrected chi connectivity index (χ0v) is 73.7. The van der Waals surface area contributed by atoms with Gasteiger partial charge in [0.05, 0.1) is 10.8 Å². The molecule has 138 heavy (non-hydrogen) atoms. The second-order valence-electron chi connectivity index (χ2n) is 33.2. The predicted molar refractivity (Wildman–Crippen MR) is 525 cm³/mol. The molecule has 672 valence electrons. The van der Waals surface area contributed by atoms with Crippen molar-refractivity contribution in [2.24, 2.45) is 0 Å². The molecule has 0 amide bonds. The summed E-state index contributed by atoms with van der Waals surface area (Å²) in [6.45, 7) is 0. The maximum absolute atomic E-state index is 14.7. The first kappa shape index (κ1) is 89.5. The number of alkyl halides is 9. The van der Waals surface area contributed by atoms with Crippen molar-refractivity contribution in [3.63, 3.8) is 0 Å². The van der Waals surface area contributed by atoms with Gasteiger partial charge < -0.3 is 14.2 Å². The molecule has 20 aromatic rings. The van der Waals surface area contributed by atoms with Gasteiger partial charge in [0.25, 0.3) is 0 Å². The van der Waals surface area contributed by atoms with E-state index in [2.05, 4.69) is 256 Å². The molecule has 18 aromatic carbocycles. The third-order valence-corrected chi connectivity index (χ3v) is 26.5. The van der Waals surface area contributed by atoms with Gasteiger partial charge in [-0.25, -0.2) is 29.9 Å². The van der Waals surface area contributed by atoms with Crippen molar-refractivity contribution < 1.29 is 62.2 Å². The Morgan fingerprint density at radius 2 is 0.543 bits per heavy atom. The van der Waals surface area contributed by atoms with Gasteiger partial charge in [-0.2, -0.15) is 47.9 Å². The van der Waals surface area contributed by atoms with E-state index < -0.39 is 57.1 Å². The van der Waals surface area contributed by atoms with Gasteiger partial charge in [-0.1, -0.05) is 431 Å².